The highest BCUT2D eigenvalue weighted by Gasteiger charge is 2.46. The molecule has 4 rings (SSSR count). The van der Waals surface area contributed by atoms with Crippen LogP contribution >= 0.6 is 0 Å². The molecule has 1 aromatic carbocycles. The largest absolute Gasteiger partial charge is 0.507 e. The molecule has 0 saturated carbocycles. The van der Waals surface area contributed by atoms with Gasteiger partial charge in [0.25, 0.3) is 11.7 Å². The van der Waals surface area contributed by atoms with Crippen LogP contribution in [0, 0.1) is 13.8 Å². The van der Waals surface area contributed by atoms with Crippen LogP contribution in [0.15, 0.2) is 54.4 Å². The van der Waals surface area contributed by atoms with Crippen LogP contribution in [0.1, 0.15) is 70.8 Å². The SMILES string of the molecule is COC(=O)c1[nH]c(C)c(C(O)=C2C(=O)C(=O)N(Cc3cccnc3)[C@H]2c2ccc(C(C)(C)C)cc2)c1C. The molecule has 1 fully saturated rings. The van der Waals surface area contributed by atoms with Crippen molar-refractivity contribution >= 4 is 23.4 Å². The van der Waals surface area contributed by atoms with Gasteiger partial charge in [0.1, 0.15) is 11.5 Å². The number of esters is 1. The van der Waals surface area contributed by atoms with Crippen molar-refractivity contribution in [1.29, 1.82) is 0 Å². The minimum Gasteiger partial charge on any atom is -0.507 e. The first-order valence-electron chi connectivity index (χ1n) is 12.0. The second-order valence-electron chi connectivity index (χ2n) is 10.3. The molecule has 2 aromatic heterocycles. The Morgan fingerprint density at radius 3 is 2.38 bits per heavy atom. The summed E-state index contributed by atoms with van der Waals surface area (Å²) in [5.41, 5.74) is 3.82. The minimum absolute atomic E-state index is 0.0287. The van der Waals surface area contributed by atoms with E-state index in [4.69, 9.17) is 4.74 Å². The highest BCUT2D eigenvalue weighted by atomic mass is 16.5. The summed E-state index contributed by atoms with van der Waals surface area (Å²) >= 11 is 0. The van der Waals surface area contributed by atoms with Gasteiger partial charge in [-0.25, -0.2) is 4.79 Å². The number of carbonyl (C=O) groups is 3. The van der Waals surface area contributed by atoms with Crippen molar-refractivity contribution in [2.75, 3.05) is 7.11 Å². The number of aliphatic hydroxyl groups is 1. The van der Waals surface area contributed by atoms with Gasteiger partial charge in [0, 0.05) is 30.2 Å². The predicted octanol–water partition coefficient (Wildman–Crippen LogP) is 4.73. The van der Waals surface area contributed by atoms with Crippen molar-refractivity contribution in [2.24, 2.45) is 0 Å². The number of amides is 1. The predicted molar refractivity (Wildman–Crippen MR) is 139 cm³/mol. The number of H-pyrrole nitrogens is 1. The van der Waals surface area contributed by atoms with Gasteiger partial charge in [0.05, 0.1) is 18.7 Å². The molecule has 8 heteroatoms. The van der Waals surface area contributed by atoms with Crippen LogP contribution in [0.3, 0.4) is 0 Å². The van der Waals surface area contributed by atoms with Gasteiger partial charge >= 0.3 is 5.97 Å². The van der Waals surface area contributed by atoms with Crippen molar-refractivity contribution in [3.8, 4) is 0 Å². The first-order chi connectivity index (χ1) is 17.5. The van der Waals surface area contributed by atoms with Gasteiger partial charge < -0.3 is 19.7 Å². The molecule has 1 amide bonds. The van der Waals surface area contributed by atoms with Crippen LogP contribution in [0.5, 0.6) is 0 Å². The topological polar surface area (TPSA) is 113 Å². The summed E-state index contributed by atoms with van der Waals surface area (Å²) in [4.78, 5) is 47.5. The van der Waals surface area contributed by atoms with Gasteiger partial charge in [-0.05, 0) is 47.6 Å². The number of likely N-dealkylation sites (tertiary alicyclic amines) is 1. The Balaban J connectivity index is 1.91. The smallest absolute Gasteiger partial charge is 0.354 e. The number of pyridine rings is 1. The summed E-state index contributed by atoms with van der Waals surface area (Å²) < 4.78 is 4.84. The van der Waals surface area contributed by atoms with E-state index in [9.17, 15) is 19.5 Å². The number of benzene rings is 1. The third-order valence-electron chi connectivity index (χ3n) is 6.77. The molecular weight excluding hydrogens is 470 g/mol. The number of ketones is 1. The van der Waals surface area contributed by atoms with Gasteiger partial charge in [-0.15, -0.1) is 0 Å². The van der Waals surface area contributed by atoms with Gasteiger partial charge in [-0.2, -0.15) is 0 Å². The van der Waals surface area contributed by atoms with E-state index < -0.39 is 23.7 Å². The number of carbonyl (C=O) groups excluding carboxylic acids is 3. The van der Waals surface area contributed by atoms with E-state index in [1.54, 1.807) is 32.3 Å². The van der Waals surface area contributed by atoms with Crippen LogP contribution < -0.4 is 0 Å². The zero-order chi connectivity index (χ0) is 27.1. The Labute approximate surface area is 216 Å². The van der Waals surface area contributed by atoms with Crippen LogP contribution in [0.4, 0.5) is 0 Å². The van der Waals surface area contributed by atoms with Crippen molar-refractivity contribution in [3.05, 3.63) is 93.6 Å². The highest BCUT2D eigenvalue weighted by molar-refractivity contribution is 6.46. The molecule has 1 saturated heterocycles. The molecule has 0 aliphatic carbocycles. The Morgan fingerprint density at radius 2 is 1.81 bits per heavy atom. The Bertz CT molecular complexity index is 1400. The fourth-order valence-corrected chi connectivity index (χ4v) is 4.79. The van der Waals surface area contributed by atoms with E-state index in [0.29, 0.717) is 22.4 Å². The molecule has 2 N–H and O–H groups in total. The normalized spacial score (nSPS) is 17.4. The fraction of sp³-hybridized carbons (Fsp3) is 0.310. The first-order valence-corrected chi connectivity index (χ1v) is 12.0. The van der Waals surface area contributed by atoms with E-state index in [1.807, 2.05) is 30.3 Å². The van der Waals surface area contributed by atoms with Gasteiger partial charge in [0.15, 0.2) is 0 Å². The molecular formula is C29H31N3O5. The first kappa shape index (κ1) is 25.9. The minimum atomic E-state index is -0.829. The number of rotatable bonds is 5. The number of aliphatic hydroxyl groups excluding tert-OH is 1. The number of aromatic amines is 1. The third-order valence-corrected chi connectivity index (χ3v) is 6.77. The monoisotopic (exact) mass is 501 g/mol. The number of hydrogen-bond acceptors (Lipinski definition) is 6. The third kappa shape index (κ3) is 4.67. The number of methoxy groups -OCH3 is 1. The zero-order valence-corrected chi connectivity index (χ0v) is 21.9. The van der Waals surface area contributed by atoms with Crippen LogP contribution in [0.25, 0.3) is 5.76 Å². The highest BCUT2D eigenvalue weighted by Crippen LogP contribution is 2.42. The Morgan fingerprint density at radius 1 is 1.14 bits per heavy atom. The maximum absolute atomic E-state index is 13.4. The van der Waals surface area contributed by atoms with Crippen LogP contribution in [-0.2, 0) is 26.3 Å². The van der Waals surface area contributed by atoms with Crippen LogP contribution in [0.2, 0.25) is 0 Å². The number of ether oxygens (including phenoxy) is 1. The molecule has 192 valence electrons. The number of aryl methyl sites for hydroxylation is 1. The molecule has 3 heterocycles. The van der Waals surface area contributed by atoms with Crippen molar-refractivity contribution in [1.82, 2.24) is 14.9 Å². The van der Waals surface area contributed by atoms with Crippen molar-refractivity contribution < 1.29 is 24.2 Å². The molecule has 3 aromatic rings. The van der Waals surface area contributed by atoms with E-state index in [1.165, 1.54) is 12.0 Å². The summed E-state index contributed by atoms with van der Waals surface area (Å²) in [7, 11) is 1.27. The second-order valence-corrected chi connectivity index (χ2v) is 10.3. The molecule has 1 aliphatic heterocycles. The van der Waals surface area contributed by atoms with Crippen molar-refractivity contribution in [2.45, 2.75) is 52.6 Å². The lowest BCUT2D eigenvalue weighted by atomic mass is 9.85. The molecule has 0 bridgehead atoms. The summed E-state index contributed by atoms with van der Waals surface area (Å²) in [6.45, 7) is 9.79. The summed E-state index contributed by atoms with van der Waals surface area (Å²) in [6.07, 6.45) is 3.28. The Hall–Kier alpha value is -4.20. The van der Waals surface area contributed by atoms with Gasteiger partial charge in [-0.1, -0.05) is 51.1 Å². The lowest BCUT2D eigenvalue weighted by Crippen LogP contribution is -2.29. The number of hydrogen-bond donors (Lipinski definition) is 2. The molecule has 1 aliphatic rings. The Kier molecular flexibility index (Phi) is 6.78. The summed E-state index contributed by atoms with van der Waals surface area (Å²) in [5.74, 6) is -2.43. The number of nitrogens with zero attached hydrogens (tertiary/aromatic N) is 2. The lowest BCUT2D eigenvalue weighted by molar-refractivity contribution is -0.140. The van der Waals surface area contributed by atoms with E-state index in [2.05, 4.69) is 30.7 Å². The standard InChI is InChI=1S/C29H31N3O5/c1-16-21(17(2)31-23(16)28(36)37-6)25(33)22-24(19-9-11-20(12-10-19)29(3,4)5)32(27(35)26(22)34)15-18-8-7-13-30-14-18/h7-14,24,31,33H,15H2,1-6H3/t24-/m0/s1. The molecule has 1 atom stereocenters. The average Bonchev–Trinajstić information content (AvgIpc) is 3.30. The van der Waals surface area contributed by atoms with E-state index >= 15 is 0 Å². The quantitative estimate of drug-likeness (QED) is 0.226. The molecule has 0 unspecified atom stereocenters. The maximum Gasteiger partial charge on any atom is 0.354 e. The molecule has 0 radical (unpaired) electrons. The van der Waals surface area contributed by atoms with E-state index in [-0.39, 0.29) is 29.0 Å². The molecule has 37 heavy (non-hydrogen) atoms. The second kappa shape index (κ2) is 9.69. The van der Waals surface area contributed by atoms with E-state index in [0.717, 1.165) is 11.1 Å². The lowest BCUT2D eigenvalue weighted by Gasteiger charge is -2.26. The number of aromatic nitrogens is 2. The average molecular weight is 502 g/mol. The maximum atomic E-state index is 13.4. The number of Topliss-reactive ketones (excluding diaryl/α,β-unsaturated/α-hetero) is 1. The van der Waals surface area contributed by atoms with Crippen LogP contribution in [-0.4, -0.2) is 44.7 Å². The van der Waals surface area contributed by atoms with Gasteiger partial charge in [-0.3, -0.25) is 14.6 Å². The zero-order valence-electron chi connectivity index (χ0n) is 21.9. The summed E-state index contributed by atoms with van der Waals surface area (Å²) in [5, 5.41) is 11.5. The molecule has 8 nitrogen and oxygen atoms in total. The summed E-state index contributed by atoms with van der Waals surface area (Å²) in [6, 6.07) is 10.5. The molecule has 0 spiro atoms. The number of nitrogens with one attached hydrogen (secondary N) is 1. The van der Waals surface area contributed by atoms with Crippen molar-refractivity contribution in [3.63, 3.8) is 0 Å². The van der Waals surface area contributed by atoms with Gasteiger partial charge in [0.2, 0.25) is 0 Å². The fourth-order valence-electron chi connectivity index (χ4n) is 4.79.